The highest BCUT2D eigenvalue weighted by Crippen LogP contribution is 2.34. The molecule has 0 radical (unpaired) electrons. The second-order valence-corrected chi connectivity index (χ2v) is 5.53. The molecule has 3 aromatic rings. The minimum absolute atomic E-state index is 0.391. The van der Waals surface area contributed by atoms with E-state index >= 15 is 0 Å². The van der Waals surface area contributed by atoms with Crippen LogP contribution in [0, 0.1) is 6.92 Å². The Balaban J connectivity index is 2.11. The molecule has 0 nitrogen and oxygen atoms in total. The van der Waals surface area contributed by atoms with Gasteiger partial charge in [0, 0.05) is 5.92 Å². The van der Waals surface area contributed by atoms with E-state index in [0.717, 1.165) is 0 Å². The maximum absolute atomic E-state index is 2.28. The molecule has 3 aromatic carbocycles. The average Bonchev–Trinajstić information content (AvgIpc) is 2.55. The van der Waals surface area contributed by atoms with Gasteiger partial charge < -0.3 is 0 Å². The Hall–Kier alpha value is -2.34. The molecule has 0 heteroatoms. The molecule has 3 rings (SSSR count). The van der Waals surface area contributed by atoms with Crippen LogP contribution in [0.25, 0.3) is 11.1 Å². The van der Waals surface area contributed by atoms with E-state index in [1.165, 1.54) is 27.8 Å². The van der Waals surface area contributed by atoms with Crippen molar-refractivity contribution < 1.29 is 0 Å². The molecule has 0 spiro atoms. The second-order valence-electron chi connectivity index (χ2n) is 5.53. The monoisotopic (exact) mass is 272 g/mol. The molecule has 0 amide bonds. The summed E-state index contributed by atoms with van der Waals surface area (Å²) in [5.41, 5.74) is 6.74. The lowest BCUT2D eigenvalue weighted by Crippen LogP contribution is -1.99. The van der Waals surface area contributed by atoms with E-state index in [1.54, 1.807) is 0 Å². The van der Waals surface area contributed by atoms with Gasteiger partial charge in [-0.2, -0.15) is 0 Å². The van der Waals surface area contributed by atoms with Gasteiger partial charge in [0.2, 0.25) is 0 Å². The van der Waals surface area contributed by atoms with Crippen LogP contribution in [0.3, 0.4) is 0 Å². The number of benzene rings is 3. The third kappa shape index (κ3) is 2.75. The highest BCUT2D eigenvalue weighted by molar-refractivity contribution is 5.71. The zero-order valence-electron chi connectivity index (χ0n) is 12.6. The Morgan fingerprint density at radius 2 is 1.19 bits per heavy atom. The standard InChI is InChI=1S/C21H20/c1-16-10-6-7-13-19(16)21-15-9-8-14-20(21)17(2)18-11-4-3-5-12-18/h3-15,17H,1-2H3/t17-/m1/s1. The predicted octanol–water partition coefficient (Wildman–Crippen LogP) is 5.81. The van der Waals surface area contributed by atoms with E-state index in [0.29, 0.717) is 5.92 Å². The van der Waals surface area contributed by atoms with Crippen molar-refractivity contribution in [2.45, 2.75) is 19.8 Å². The largest absolute Gasteiger partial charge is 0.0622 e. The summed E-state index contributed by atoms with van der Waals surface area (Å²) in [7, 11) is 0. The molecule has 0 bridgehead atoms. The van der Waals surface area contributed by atoms with Crippen molar-refractivity contribution in [2.75, 3.05) is 0 Å². The van der Waals surface area contributed by atoms with E-state index in [9.17, 15) is 0 Å². The van der Waals surface area contributed by atoms with E-state index in [1.807, 2.05) is 0 Å². The van der Waals surface area contributed by atoms with Crippen molar-refractivity contribution in [3.05, 3.63) is 95.6 Å². The molecule has 0 N–H and O–H groups in total. The minimum Gasteiger partial charge on any atom is -0.0622 e. The first kappa shape index (κ1) is 13.6. The average molecular weight is 272 g/mol. The Morgan fingerprint density at radius 1 is 0.619 bits per heavy atom. The van der Waals surface area contributed by atoms with E-state index in [4.69, 9.17) is 0 Å². The number of rotatable bonds is 3. The van der Waals surface area contributed by atoms with Crippen LogP contribution < -0.4 is 0 Å². The molecule has 21 heavy (non-hydrogen) atoms. The minimum atomic E-state index is 0.391. The van der Waals surface area contributed by atoms with Gasteiger partial charge in [-0.15, -0.1) is 0 Å². The SMILES string of the molecule is Cc1ccccc1-c1ccccc1[C@H](C)c1ccccc1. The molecule has 0 aliphatic carbocycles. The molecular formula is C21H20. The van der Waals surface area contributed by atoms with Gasteiger partial charge in [0.05, 0.1) is 0 Å². The van der Waals surface area contributed by atoms with Gasteiger partial charge in [0.15, 0.2) is 0 Å². The van der Waals surface area contributed by atoms with Crippen LogP contribution >= 0.6 is 0 Å². The predicted molar refractivity (Wildman–Crippen MR) is 90.6 cm³/mol. The van der Waals surface area contributed by atoms with Gasteiger partial charge in [-0.1, -0.05) is 85.8 Å². The Labute approximate surface area is 127 Å². The fourth-order valence-electron chi connectivity index (χ4n) is 2.92. The zero-order valence-corrected chi connectivity index (χ0v) is 12.6. The lowest BCUT2D eigenvalue weighted by atomic mass is 9.86. The maximum Gasteiger partial charge on any atom is 0.00671 e. The summed E-state index contributed by atoms with van der Waals surface area (Å²) >= 11 is 0. The Kier molecular flexibility index (Phi) is 3.87. The van der Waals surface area contributed by atoms with E-state index < -0.39 is 0 Å². The van der Waals surface area contributed by atoms with Crippen LogP contribution in [0.15, 0.2) is 78.9 Å². The fourth-order valence-corrected chi connectivity index (χ4v) is 2.92. The van der Waals surface area contributed by atoms with Crippen LogP contribution in [0.1, 0.15) is 29.5 Å². The Morgan fingerprint density at radius 3 is 1.90 bits per heavy atom. The molecule has 0 unspecified atom stereocenters. The third-order valence-electron chi connectivity index (χ3n) is 4.16. The van der Waals surface area contributed by atoms with Gasteiger partial charge in [0.25, 0.3) is 0 Å². The summed E-state index contributed by atoms with van der Waals surface area (Å²) in [4.78, 5) is 0. The summed E-state index contributed by atoms with van der Waals surface area (Å²) < 4.78 is 0. The van der Waals surface area contributed by atoms with E-state index in [2.05, 4.69) is 92.7 Å². The second kappa shape index (κ2) is 5.97. The molecule has 0 fully saturated rings. The lowest BCUT2D eigenvalue weighted by Gasteiger charge is -2.18. The molecule has 0 aliphatic rings. The van der Waals surface area contributed by atoms with Crippen molar-refractivity contribution in [1.29, 1.82) is 0 Å². The van der Waals surface area contributed by atoms with Gasteiger partial charge in [-0.25, -0.2) is 0 Å². The third-order valence-corrected chi connectivity index (χ3v) is 4.16. The zero-order chi connectivity index (χ0) is 14.7. The summed E-state index contributed by atoms with van der Waals surface area (Å²) in [6.07, 6.45) is 0. The molecule has 0 aromatic heterocycles. The van der Waals surface area contributed by atoms with Crippen LogP contribution in [0.2, 0.25) is 0 Å². The summed E-state index contributed by atoms with van der Waals surface area (Å²) in [5, 5.41) is 0. The number of aryl methyl sites for hydroxylation is 1. The Bertz CT molecular complexity index is 726. The highest BCUT2D eigenvalue weighted by Gasteiger charge is 2.14. The normalized spacial score (nSPS) is 12.1. The topological polar surface area (TPSA) is 0 Å². The molecule has 0 heterocycles. The van der Waals surface area contributed by atoms with E-state index in [-0.39, 0.29) is 0 Å². The first-order chi connectivity index (χ1) is 10.3. The maximum atomic E-state index is 2.28. The van der Waals surface area contributed by atoms with Gasteiger partial charge in [-0.3, -0.25) is 0 Å². The highest BCUT2D eigenvalue weighted by atomic mass is 14.2. The van der Waals surface area contributed by atoms with Gasteiger partial charge >= 0.3 is 0 Å². The number of hydrogen-bond acceptors (Lipinski definition) is 0. The summed E-state index contributed by atoms with van der Waals surface area (Å²) in [6, 6.07) is 28.1. The van der Waals surface area contributed by atoms with Crippen molar-refractivity contribution in [1.82, 2.24) is 0 Å². The van der Waals surface area contributed by atoms with Gasteiger partial charge in [-0.05, 0) is 34.7 Å². The molecule has 1 atom stereocenters. The van der Waals surface area contributed by atoms with Crippen LogP contribution in [0.4, 0.5) is 0 Å². The molecular weight excluding hydrogens is 252 g/mol. The number of hydrogen-bond donors (Lipinski definition) is 0. The molecule has 0 saturated heterocycles. The summed E-state index contributed by atoms with van der Waals surface area (Å²) in [5.74, 6) is 0.391. The fraction of sp³-hybridized carbons (Fsp3) is 0.143. The van der Waals surface area contributed by atoms with Crippen molar-refractivity contribution >= 4 is 0 Å². The molecule has 0 saturated carbocycles. The first-order valence-corrected chi connectivity index (χ1v) is 7.47. The smallest absolute Gasteiger partial charge is 0.00671 e. The van der Waals surface area contributed by atoms with Crippen LogP contribution in [0.5, 0.6) is 0 Å². The molecule has 0 aliphatic heterocycles. The van der Waals surface area contributed by atoms with Crippen LogP contribution in [-0.4, -0.2) is 0 Å². The van der Waals surface area contributed by atoms with Crippen LogP contribution in [-0.2, 0) is 0 Å². The summed E-state index contributed by atoms with van der Waals surface area (Å²) in [6.45, 7) is 4.46. The lowest BCUT2D eigenvalue weighted by molar-refractivity contribution is 0.924. The van der Waals surface area contributed by atoms with Gasteiger partial charge in [0.1, 0.15) is 0 Å². The van der Waals surface area contributed by atoms with Crippen molar-refractivity contribution in [3.8, 4) is 11.1 Å². The molecule has 104 valence electrons. The van der Waals surface area contributed by atoms with Crippen molar-refractivity contribution in [3.63, 3.8) is 0 Å². The quantitative estimate of drug-likeness (QED) is 0.564. The first-order valence-electron chi connectivity index (χ1n) is 7.47. The van der Waals surface area contributed by atoms with Crippen molar-refractivity contribution in [2.24, 2.45) is 0 Å².